The first-order valence-corrected chi connectivity index (χ1v) is 12.2. The molecule has 6 heteroatoms. The summed E-state index contributed by atoms with van der Waals surface area (Å²) in [5, 5.41) is 4.40. The number of ether oxygens (including phenoxy) is 4. The molecule has 4 aliphatic rings. The molecule has 2 aromatic rings. The van der Waals surface area contributed by atoms with Crippen molar-refractivity contribution in [2.45, 2.75) is 83.4 Å². The fourth-order valence-corrected chi connectivity index (χ4v) is 6.14. The van der Waals surface area contributed by atoms with Gasteiger partial charge in [-0.1, -0.05) is 23.4 Å². The zero-order valence-corrected chi connectivity index (χ0v) is 19.1. The minimum atomic E-state index is -0.319. The van der Waals surface area contributed by atoms with E-state index in [1.165, 1.54) is 25.7 Å². The summed E-state index contributed by atoms with van der Waals surface area (Å²) in [5.74, 6) is 3.00. The van der Waals surface area contributed by atoms with Crippen molar-refractivity contribution in [2.75, 3.05) is 13.2 Å². The number of hydrogen-bond donors (Lipinski definition) is 0. The van der Waals surface area contributed by atoms with Gasteiger partial charge in [-0.25, -0.2) is 0 Å². The zero-order valence-electron chi connectivity index (χ0n) is 19.1. The molecule has 0 N–H and O–H groups in total. The van der Waals surface area contributed by atoms with Gasteiger partial charge in [0, 0.05) is 23.3 Å². The lowest BCUT2D eigenvalue weighted by molar-refractivity contribution is -0.238. The molecule has 1 saturated heterocycles. The maximum Gasteiger partial charge on any atom is 0.174 e. The van der Waals surface area contributed by atoms with Gasteiger partial charge in [0.2, 0.25) is 0 Å². The molecule has 3 saturated carbocycles. The third-order valence-corrected chi connectivity index (χ3v) is 7.91. The highest BCUT2D eigenvalue weighted by atomic mass is 16.7. The largest absolute Gasteiger partial charge is 0.487 e. The number of benzene rings is 1. The van der Waals surface area contributed by atoms with Crippen LogP contribution in [0.5, 0.6) is 5.75 Å². The highest BCUT2D eigenvalue weighted by Crippen LogP contribution is 2.54. The number of para-hydroxylation sites is 1. The SMILES string of the molecule is Cc1cccc(C)c1OCc1noc(C2CC2)c1COC1C[C@H]2CC[C@@H](C1)C21OCCO1. The molecule has 6 nitrogen and oxygen atoms in total. The topological polar surface area (TPSA) is 63.0 Å². The predicted octanol–water partition coefficient (Wildman–Crippen LogP) is 5.20. The average molecular weight is 440 g/mol. The van der Waals surface area contributed by atoms with Gasteiger partial charge in [-0.2, -0.15) is 0 Å². The number of aromatic nitrogens is 1. The third-order valence-electron chi connectivity index (χ3n) is 7.91. The van der Waals surface area contributed by atoms with E-state index >= 15 is 0 Å². The van der Waals surface area contributed by atoms with Crippen LogP contribution in [0, 0.1) is 25.7 Å². The van der Waals surface area contributed by atoms with Crippen LogP contribution in [0.15, 0.2) is 22.7 Å². The molecule has 3 aliphatic carbocycles. The number of aryl methyl sites for hydroxylation is 2. The summed E-state index contributed by atoms with van der Waals surface area (Å²) >= 11 is 0. The Labute approximate surface area is 189 Å². The van der Waals surface area contributed by atoms with E-state index in [0.717, 1.165) is 59.9 Å². The van der Waals surface area contributed by atoms with E-state index < -0.39 is 0 Å². The van der Waals surface area contributed by atoms with Gasteiger partial charge in [0.15, 0.2) is 5.79 Å². The molecule has 1 aromatic carbocycles. The van der Waals surface area contributed by atoms with Crippen LogP contribution >= 0.6 is 0 Å². The van der Waals surface area contributed by atoms with Crippen molar-refractivity contribution >= 4 is 0 Å². The zero-order chi connectivity index (χ0) is 21.7. The molecule has 172 valence electrons. The van der Waals surface area contributed by atoms with Crippen LogP contribution in [0.4, 0.5) is 0 Å². The van der Waals surface area contributed by atoms with Crippen molar-refractivity contribution in [3.8, 4) is 5.75 Å². The summed E-state index contributed by atoms with van der Waals surface area (Å²) in [6.07, 6.45) is 6.96. The Hall–Kier alpha value is -1.89. The Balaban J connectivity index is 1.15. The molecule has 1 spiro atoms. The Kier molecular flexibility index (Phi) is 5.27. The lowest BCUT2D eigenvalue weighted by Crippen LogP contribution is -2.47. The molecular weight excluding hydrogens is 406 g/mol. The van der Waals surface area contributed by atoms with Gasteiger partial charge in [0.1, 0.15) is 23.8 Å². The third kappa shape index (κ3) is 3.57. The van der Waals surface area contributed by atoms with Gasteiger partial charge >= 0.3 is 0 Å². The van der Waals surface area contributed by atoms with Crippen molar-refractivity contribution < 1.29 is 23.5 Å². The van der Waals surface area contributed by atoms with Gasteiger partial charge in [-0.3, -0.25) is 0 Å². The first-order valence-electron chi connectivity index (χ1n) is 12.2. The van der Waals surface area contributed by atoms with Crippen LogP contribution in [0.3, 0.4) is 0 Å². The van der Waals surface area contributed by atoms with Crippen LogP contribution in [-0.4, -0.2) is 30.3 Å². The van der Waals surface area contributed by atoms with Gasteiger partial charge in [0.25, 0.3) is 0 Å². The summed E-state index contributed by atoms with van der Waals surface area (Å²) in [4.78, 5) is 0. The lowest BCUT2D eigenvalue weighted by Gasteiger charge is -2.41. The molecule has 32 heavy (non-hydrogen) atoms. The van der Waals surface area contributed by atoms with Gasteiger partial charge in [-0.05, 0) is 63.5 Å². The second kappa shape index (κ2) is 8.15. The first kappa shape index (κ1) is 20.7. The molecule has 1 aromatic heterocycles. The molecule has 0 radical (unpaired) electrons. The molecule has 0 amide bonds. The Morgan fingerprint density at radius 2 is 1.66 bits per heavy atom. The van der Waals surface area contributed by atoms with Crippen LogP contribution in [0.2, 0.25) is 0 Å². The highest BCUT2D eigenvalue weighted by molar-refractivity contribution is 5.40. The Bertz CT molecular complexity index is 938. The van der Waals surface area contributed by atoms with E-state index in [2.05, 4.69) is 37.2 Å². The molecule has 2 bridgehead atoms. The van der Waals surface area contributed by atoms with E-state index in [0.29, 0.717) is 31.0 Å². The minimum Gasteiger partial charge on any atom is -0.487 e. The number of rotatable bonds is 7. The summed E-state index contributed by atoms with van der Waals surface area (Å²) in [5.41, 5.74) is 4.24. The number of nitrogens with zero attached hydrogens (tertiary/aromatic N) is 1. The highest BCUT2D eigenvalue weighted by Gasteiger charge is 2.58. The maximum absolute atomic E-state index is 6.50. The lowest BCUT2D eigenvalue weighted by atomic mass is 9.81. The first-order chi connectivity index (χ1) is 15.6. The van der Waals surface area contributed by atoms with E-state index in [1.807, 2.05) is 0 Å². The second-order valence-corrected chi connectivity index (χ2v) is 10.0. The minimum absolute atomic E-state index is 0.236. The standard InChI is InChI=1S/C26H33NO5/c1-16-4-3-5-17(2)24(16)29-15-23-22(25(32-27-23)18-6-7-18)14-28-21-12-19-8-9-20(13-21)26(19)30-10-11-31-26/h3-5,18-21H,6-15H2,1-2H3/t19-,20+,21?. The predicted molar refractivity (Wildman–Crippen MR) is 117 cm³/mol. The molecule has 6 rings (SSSR count). The summed E-state index contributed by atoms with van der Waals surface area (Å²) in [6.45, 7) is 6.56. The fourth-order valence-electron chi connectivity index (χ4n) is 6.14. The smallest absolute Gasteiger partial charge is 0.174 e. The van der Waals surface area contributed by atoms with E-state index in [9.17, 15) is 0 Å². The van der Waals surface area contributed by atoms with Crippen LogP contribution < -0.4 is 4.74 Å². The second-order valence-electron chi connectivity index (χ2n) is 10.0. The normalized spacial score (nSPS) is 28.5. The summed E-state index contributed by atoms with van der Waals surface area (Å²) < 4.78 is 30.7. The molecule has 1 unspecified atom stereocenters. The van der Waals surface area contributed by atoms with Crippen molar-refractivity contribution in [3.63, 3.8) is 0 Å². The maximum atomic E-state index is 6.50. The van der Waals surface area contributed by atoms with Crippen LogP contribution in [0.1, 0.15) is 72.6 Å². The van der Waals surface area contributed by atoms with Crippen molar-refractivity contribution in [3.05, 3.63) is 46.3 Å². The van der Waals surface area contributed by atoms with Gasteiger partial charge < -0.3 is 23.5 Å². The molecule has 2 heterocycles. The van der Waals surface area contributed by atoms with E-state index in [-0.39, 0.29) is 11.9 Å². The van der Waals surface area contributed by atoms with Crippen molar-refractivity contribution in [2.24, 2.45) is 11.8 Å². The monoisotopic (exact) mass is 439 g/mol. The number of hydrogen-bond acceptors (Lipinski definition) is 6. The summed E-state index contributed by atoms with van der Waals surface area (Å²) in [7, 11) is 0. The van der Waals surface area contributed by atoms with E-state index in [4.69, 9.17) is 23.5 Å². The van der Waals surface area contributed by atoms with E-state index in [1.54, 1.807) is 0 Å². The van der Waals surface area contributed by atoms with Crippen molar-refractivity contribution in [1.82, 2.24) is 5.16 Å². The van der Waals surface area contributed by atoms with Crippen LogP contribution in [0.25, 0.3) is 0 Å². The molecule has 1 aliphatic heterocycles. The molecular formula is C26H33NO5. The Morgan fingerprint density at radius 3 is 2.31 bits per heavy atom. The molecule has 4 fully saturated rings. The quantitative estimate of drug-likeness (QED) is 0.591. The van der Waals surface area contributed by atoms with Gasteiger partial charge in [-0.15, -0.1) is 0 Å². The van der Waals surface area contributed by atoms with Gasteiger partial charge in [0.05, 0.1) is 25.9 Å². The van der Waals surface area contributed by atoms with Crippen LogP contribution in [-0.2, 0) is 27.4 Å². The average Bonchev–Trinajstić information content (AvgIpc) is 3.34. The van der Waals surface area contributed by atoms with Crippen molar-refractivity contribution in [1.29, 1.82) is 0 Å². The Morgan fingerprint density at radius 1 is 0.969 bits per heavy atom. The summed E-state index contributed by atoms with van der Waals surface area (Å²) in [6, 6.07) is 6.21. The fraction of sp³-hybridized carbons (Fsp3) is 0.654. The molecule has 3 atom stereocenters.